The van der Waals surface area contributed by atoms with Gasteiger partial charge in [0.05, 0.1) is 13.0 Å². The van der Waals surface area contributed by atoms with Crippen LogP contribution < -0.4 is 5.32 Å². The molecule has 1 aromatic heterocycles. The van der Waals surface area contributed by atoms with E-state index in [-0.39, 0.29) is 18.4 Å². The summed E-state index contributed by atoms with van der Waals surface area (Å²) in [6.45, 7) is 1.80. The van der Waals surface area contributed by atoms with Gasteiger partial charge in [-0.05, 0) is 16.7 Å². The monoisotopic (exact) mass is 420 g/mol. The van der Waals surface area contributed by atoms with Crippen molar-refractivity contribution in [2.75, 3.05) is 26.2 Å². The number of hydrogen-bond donors (Lipinski definition) is 1. The summed E-state index contributed by atoms with van der Waals surface area (Å²) >= 11 is 0. The molecule has 4 rings (SSSR count). The lowest BCUT2D eigenvalue weighted by atomic mass is 10.0. The summed E-state index contributed by atoms with van der Waals surface area (Å²) in [4.78, 5) is 24.9. The Morgan fingerprint density at radius 2 is 1.74 bits per heavy atom. The molecule has 1 aliphatic heterocycles. The molecule has 0 spiro atoms. The summed E-state index contributed by atoms with van der Waals surface area (Å²) in [5.41, 5.74) is 3.41. The molecule has 2 amide bonds. The highest BCUT2D eigenvalue weighted by atomic mass is 16.6. The predicted molar refractivity (Wildman–Crippen MR) is 113 cm³/mol. The van der Waals surface area contributed by atoms with E-state index in [9.17, 15) is 9.59 Å². The van der Waals surface area contributed by atoms with Crippen molar-refractivity contribution in [2.24, 2.45) is 0 Å². The number of aromatic nitrogens is 2. The van der Waals surface area contributed by atoms with Gasteiger partial charge < -0.3 is 19.4 Å². The summed E-state index contributed by atoms with van der Waals surface area (Å²) in [6.07, 6.45) is 0.831. The van der Waals surface area contributed by atoms with E-state index in [1.807, 2.05) is 18.2 Å². The molecular formula is C23H24N4O4. The third kappa shape index (κ3) is 5.69. The van der Waals surface area contributed by atoms with Gasteiger partial charge in [0.15, 0.2) is 0 Å². The quantitative estimate of drug-likeness (QED) is 0.572. The highest BCUT2D eigenvalue weighted by molar-refractivity contribution is 5.76. The molecule has 1 aliphatic rings. The zero-order valence-corrected chi connectivity index (χ0v) is 17.1. The van der Waals surface area contributed by atoms with Crippen LogP contribution in [-0.2, 0) is 22.4 Å². The van der Waals surface area contributed by atoms with E-state index in [4.69, 9.17) is 9.15 Å². The number of carbonyl (C=O) groups excluding carboxylic acids is 2. The fourth-order valence-electron chi connectivity index (χ4n) is 3.35. The Morgan fingerprint density at radius 1 is 1.00 bits per heavy atom. The molecule has 0 unspecified atom stereocenters. The first kappa shape index (κ1) is 20.6. The fraction of sp³-hybridized carbons (Fsp3) is 0.304. The minimum Gasteiger partial charge on any atom is -0.448 e. The van der Waals surface area contributed by atoms with Gasteiger partial charge in [-0.15, -0.1) is 10.2 Å². The number of nitrogens with zero attached hydrogens (tertiary/aromatic N) is 3. The molecule has 0 bridgehead atoms. The molecule has 8 heteroatoms. The van der Waals surface area contributed by atoms with Crippen molar-refractivity contribution in [1.29, 1.82) is 0 Å². The van der Waals surface area contributed by atoms with Gasteiger partial charge in [-0.1, -0.05) is 54.6 Å². The van der Waals surface area contributed by atoms with Gasteiger partial charge in [0, 0.05) is 25.9 Å². The maximum absolute atomic E-state index is 12.0. The van der Waals surface area contributed by atoms with E-state index >= 15 is 0 Å². The van der Waals surface area contributed by atoms with Crippen molar-refractivity contribution in [3.8, 4) is 11.1 Å². The zero-order chi connectivity index (χ0) is 21.5. The van der Waals surface area contributed by atoms with Gasteiger partial charge in [-0.3, -0.25) is 4.79 Å². The third-order valence-electron chi connectivity index (χ3n) is 5.04. The molecular weight excluding hydrogens is 396 g/mol. The Bertz CT molecular complexity index is 1020. The molecule has 0 atom stereocenters. The molecule has 1 fully saturated rings. The van der Waals surface area contributed by atoms with Gasteiger partial charge in [-0.25, -0.2) is 4.79 Å². The number of cyclic esters (lactones) is 1. The van der Waals surface area contributed by atoms with Crippen LogP contribution in [0.3, 0.4) is 0 Å². The molecule has 0 radical (unpaired) electrons. The van der Waals surface area contributed by atoms with Crippen LogP contribution in [0.1, 0.15) is 23.8 Å². The van der Waals surface area contributed by atoms with Crippen molar-refractivity contribution >= 4 is 12.0 Å². The molecule has 31 heavy (non-hydrogen) atoms. The highest BCUT2D eigenvalue weighted by Crippen LogP contribution is 2.20. The average molecular weight is 420 g/mol. The second-order valence-corrected chi connectivity index (χ2v) is 7.28. The predicted octanol–water partition coefficient (Wildman–Crippen LogP) is 2.83. The van der Waals surface area contributed by atoms with Gasteiger partial charge in [0.1, 0.15) is 6.61 Å². The second-order valence-electron chi connectivity index (χ2n) is 7.28. The van der Waals surface area contributed by atoms with Crippen LogP contribution in [0.2, 0.25) is 0 Å². The van der Waals surface area contributed by atoms with Gasteiger partial charge in [0.2, 0.25) is 17.7 Å². The molecule has 3 aromatic rings. The van der Waals surface area contributed by atoms with Crippen LogP contribution in [-0.4, -0.2) is 53.3 Å². The van der Waals surface area contributed by atoms with Gasteiger partial charge in [0.25, 0.3) is 0 Å². The highest BCUT2D eigenvalue weighted by Gasteiger charge is 2.21. The average Bonchev–Trinajstić information content (AvgIpc) is 3.42. The summed E-state index contributed by atoms with van der Waals surface area (Å²) in [5.74, 6) is 0.841. The van der Waals surface area contributed by atoms with Crippen LogP contribution in [0.4, 0.5) is 4.79 Å². The van der Waals surface area contributed by atoms with Crippen LogP contribution >= 0.6 is 0 Å². The van der Waals surface area contributed by atoms with Crippen LogP contribution in [0, 0.1) is 0 Å². The Hall–Kier alpha value is -3.68. The number of aryl methyl sites for hydroxylation is 1. The number of amides is 2. The molecule has 2 heterocycles. The summed E-state index contributed by atoms with van der Waals surface area (Å²) in [7, 11) is 0. The molecule has 0 aliphatic carbocycles. The smallest absolute Gasteiger partial charge is 0.409 e. The lowest BCUT2D eigenvalue weighted by Gasteiger charge is -2.12. The maximum Gasteiger partial charge on any atom is 0.409 e. The Morgan fingerprint density at radius 3 is 2.48 bits per heavy atom. The number of rotatable bonds is 9. The van der Waals surface area contributed by atoms with E-state index in [0.29, 0.717) is 50.9 Å². The van der Waals surface area contributed by atoms with Crippen molar-refractivity contribution in [2.45, 2.75) is 19.3 Å². The van der Waals surface area contributed by atoms with E-state index in [1.165, 1.54) is 5.56 Å². The normalized spacial score (nSPS) is 13.3. The molecule has 1 saturated heterocycles. The van der Waals surface area contributed by atoms with E-state index < -0.39 is 0 Å². The Balaban J connectivity index is 1.21. The van der Waals surface area contributed by atoms with Gasteiger partial charge in [-0.2, -0.15) is 0 Å². The van der Waals surface area contributed by atoms with Crippen LogP contribution in [0.5, 0.6) is 0 Å². The molecule has 160 valence electrons. The first-order valence-electron chi connectivity index (χ1n) is 10.3. The van der Waals surface area contributed by atoms with Crippen LogP contribution in [0.25, 0.3) is 11.1 Å². The number of nitrogens with one attached hydrogen (secondary N) is 1. The fourth-order valence-corrected chi connectivity index (χ4v) is 3.35. The number of hydrogen-bond acceptors (Lipinski definition) is 6. The van der Waals surface area contributed by atoms with Crippen molar-refractivity contribution in [3.63, 3.8) is 0 Å². The SMILES string of the molecule is O=C(CCc1nnc(Cc2ccc(-c3ccccc3)cc2)o1)NCCN1CCOC1=O. The van der Waals surface area contributed by atoms with E-state index in [0.717, 1.165) is 11.1 Å². The lowest BCUT2D eigenvalue weighted by Crippen LogP contribution is -2.35. The molecule has 8 nitrogen and oxygen atoms in total. The number of benzene rings is 2. The second kappa shape index (κ2) is 9.88. The van der Waals surface area contributed by atoms with E-state index in [2.05, 4.69) is 51.9 Å². The van der Waals surface area contributed by atoms with E-state index in [1.54, 1.807) is 4.90 Å². The first-order valence-corrected chi connectivity index (χ1v) is 10.3. The lowest BCUT2D eigenvalue weighted by molar-refractivity contribution is -0.121. The zero-order valence-electron chi connectivity index (χ0n) is 17.1. The van der Waals surface area contributed by atoms with Gasteiger partial charge >= 0.3 is 6.09 Å². The maximum atomic E-state index is 12.0. The molecule has 2 aromatic carbocycles. The standard InChI is InChI=1S/C23H24N4O4/c28-20(24-12-13-27-14-15-30-23(27)29)10-11-21-25-26-22(31-21)16-17-6-8-19(9-7-17)18-4-2-1-3-5-18/h1-9H,10-16H2,(H,24,28). The Kier molecular flexibility index (Phi) is 6.56. The number of carbonyl (C=O) groups is 2. The summed E-state index contributed by atoms with van der Waals surface area (Å²) in [5, 5.41) is 10.9. The Labute approximate surface area is 180 Å². The summed E-state index contributed by atoms with van der Waals surface area (Å²) in [6, 6.07) is 18.5. The van der Waals surface area contributed by atoms with Crippen molar-refractivity contribution in [1.82, 2.24) is 20.4 Å². The third-order valence-corrected chi connectivity index (χ3v) is 5.04. The van der Waals surface area contributed by atoms with Crippen LogP contribution in [0.15, 0.2) is 59.0 Å². The van der Waals surface area contributed by atoms with Crippen molar-refractivity contribution < 1.29 is 18.7 Å². The van der Waals surface area contributed by atoms with Crippen molar-refractivity contribution in [3.05, 3.63) is 71.9 Å². The first-order chi connectivity index (χ1) is 15.2. The molecule has 1 N–H and O–H groups in total. The minimum absolute atomic E-state index is 0.121. The topological polar surface area (TPSA) is 97.6 Å². The number of ether oxygens (including phenoxy) is 1. The minimum atomic E-state index is -0.331. The summed E-state index contributed by atoms with van der Waals surface area (Å²) < 4.78 is 10.5. The largest absolute Gasteiger partial charge is 0.448 e. The molecule has 0 saturated carbocycles.